The highest BCUT2D eigenvalue weighted by Gasteiger charge is 2.01. The van der Waals surface area contributed by atoms with Crippen LogP contribution in [-0.2, 0) is 0 Å². The SMILES string of the molecule is Cl.N=c1cccc2cc3ccccc3ccc1-2. The summed E-state index contributed by atoms with van der Waals surface area (Å²) < 4.78 is 0. The van der Waals surface area contributed by atoms with Crippen LogP contribution in [0.1, 0.15) is 0 Å². The van der Waals surface area contributed by atoms with E-state index in [1.165, 1.54) is 10.8 Å². The Balaban J connectivity index is 0.00000108. The van der Waals surface area contributed by atoms with Gasteiger partial charge in [-0.1, -0.05) is 48.5 Å². The molecule has 1 aromatic carbocycles. The molecule has 0 fully saturated rings. The maximum Gasteiger partial charge on any atom is 0.0618 e. The van der Waals surface area contributed by atoms with Crippen LogP contribution < -0.4 is 5.36 Å². The molecule has 0 spiro atoms. The molecule has 1 aromatic rings. The maximum atomic E-state index is 7.88. The molecule has 0 bridgehead atoms. The van der Waals surface area contributed by atoms with Crippen molar-refractivity contribution in [2.75, 3.05) is 0 Å². The monoisotopic (exact) mass is 241 g/mol. The standard InChI is InChI=1S/C15H11N.ClH/c16-15-7-3-6-13-10-12-5-2-1-4-11(12)8-9-14(13)15;/h1-10,16H;1H. The molecule has 3 rings (SSSR count). The number of fused-ring (bicyclic) bond motifs is 2. The number of rotatable bonds is 0. The molecule has 0 aliphatic heterocycles. The molecule has 0 saturated carbocycles. The zero-order chi connectivity index (χ0) is 11.0. The smallest absolute Gasteiger partial charge is 0.0618 e. The highest BCUT2D eigenvalue weighted by Crippen LogP contribution is 2.21. The fourth-order valence-corrected chi connectivity index (χ4v) is 2.03. The van der Waals surface area contributed by atoms with E-state index in [1.807, 2.05) is 30.3 Å². The lowest BCUT2D eigenvalue weighted by atomic mass is 10.1. The molecule has 0 heterocycles. The van der Waals surface area contributed by atoms with Crippen molar-refractivity contribution in [2.45, 2.75) is 0 Å². The molecule has 0 unspecified atom stereocenters. The Labute approximate surface area is 106 Å². The summed E-state index contributed by atoms with van der Waals surface area (Å²) in [7, 11) is 0. The first-order valence-electron chi connectivity index (χ1n) is 5.31. The van der Waals surface area contributed by atoms with Gasteiger partial charge in [0.25, 0.3) is 0 Å². The predicted octanol–water partition coefficient (Wildman–Crippen LogP) is 3.85. The van der Waals surface area contributed by atoms with Crippen LogP contribution >= 0.6 is 12.4 Å². The van der Waals surface area contributed by atoms with E-state index in [1.54, 1.807) is 0 Å². The summed E-state index contributed by atoms with van der Waals surface area (Å²) in [5.41, 5.74) is 2.12. The fraction of sp³-hybridized carbons (Fsp3) is 0. The third-order valence-corrected chi connectivity index (χ3v) is 2.88. The Morgan fingerprint density at radius 1 is 0.706 bits per heavy atom. The second kappa shape index (κ2) is 4.56. The number of hydrogen-bond acceptors (Lipinski definition) is 1. The summed E-state index contributed by atoms with van der Waals surface area (Å²) in [5.74, 6) is 0. The summed E-state index contributed by atoms with van der Waals surface area (Å²) in [5, 5.41) is 10.9. The molecule has 2 heteroatoms. The first-order chi connectivity index (χ1) is 7.84. The normalized spacial score (nSPS) is 10.1. The van der Waals surface area contributed by atoms with Crippen LogP contribution in [0.2, 0.25) is 0 Å². The number of halogens is 1. The third-order valence-electron chi connectivity index (χ3n) is 2.88. The van der Waals surface area contributed by atoms with Gasteiger partial charge in [0.2, 0.25) is 0 Å². The minimum Gasteiger partial charge on any atom is -0.300 e. The maximum absolute atomic E-state index is 7.88. The van der Waals surface area contributed by atoms with Crippen molar-refractivity contribution in [2.24, 2.45) is 0 Å². The quantitative estimate of drug-likeness (QED) is 0.618. The Morgan fingerprint density at radius 3 is 2.29 bits per heavy atom. The summed E-state index contributed by atoms with van der Waals surface area (Å²) in [6.45, 7) is 0. The summed E-state index contributed by atoms with van der Waals surface area (Å²) in [4.78, 5) is 0. The minimum absolute atomic E-state index is 0. The number of benzene rings is 2. The molecule has 1 nitrogen and oxygen atoms in total. The molecule has 0 amide bonds. The molecule has 0 atom stereocenters. The average molecular weight is 242 g/mol. The Morgan fingerprint density at radius 2 is 1.47 bits per heavy atom. The molecule has 2 aliphatic rings. The van der Waals surface area contributed by atoms with Crippen molar-refractivity contribution in [3.05, 3.63) is 66.0 Å². The fourth-order valence-electron chi connectivity index (χ4n) is 2.03. The van der Waals surface area contributed by atoms with Crippen molar-refractivity contribution in [3.8, 4) is 11.1 Å². The van der Waals surface area contributed by atoms with E-state index in [-0.39, 0.29) is 12.4 Å². The van der Waals surface area contributed by atoms with Crippen molar-refractivity contribution in [3.63, 3.8) is 0 Å². The lowest BCUT2D eigenvalue weighted by molar-refractivity contribution is 1.28. The van der Waals surface area contributed by atoms with Gasteiger partial charge < -0.3 is 5.41 Å². The molecular weight excluding hydrogens is 230 g/mol. The van der Waals surface area contributed by atoms with Gasteiger partial charge in [-0.15, -0.1) is 12.4 Å². The van der Waals surface area contributed by atoms with Gasteiger partial charge in [-0.3, -0.25) is 0 Å². The Hall–Kier alpha value is -1.86. The van der Waals surface area contributed by atoms with E-state index in [9.17, 15) is 0 Å². The highest BCUT2D eigenvalue weighted by molar-refractivity contribution is 5.86. The number of nitrogens with one attached hydrogen (secondary N) is 1. The summed E-state index contributed by atoms with van der Waals surface area (Å²) >= 11 is 0. The van der Waals surface area contributed by atoms with Crippen LogP contribution in [0, 0.1) is 5.41 Å². The topological polar surface area (TPSA) is 23.9 Å². The first kappa shape index (κ1) is 11.6. The van der Waals surface area contributed by atoms with Gasteiger partial charge in [0, 0.05) is 5.56 Å². The van der Waals surface area contributed by atoms with Crippen molar-refractivity contribution in [1.82, 2.24) is 0 Å². The van der Waals surface area contributed by atoms with Gasteiger partial charge in [-0.25, -0.2) is 0 Å². The number of hydrogen-bond donors (Lipinski definition) is 1. The molecule has 84 valence electrons. The average Bonchev–Trinajstić information content (AvgIpc) is 2.48. The van der Waals surface area contributed by atoms with Crippen LogP contribution in [0.25, 0.3) is 21.9 Å². The van der Waals surface area contributed by atoms with E-state index in [4.69, 9.17) is 5.41 Å². The zero-order valence-corrected chi connectivity index (χ0v) is 10.00. The molecule has 0 aromatic heterocycles. The largest absolute Gasteiger partial charge is 0.300 e. The van der Waals surface area contributed by atoms with Crippen LogP contribution in [-0.4, -0.2) is 0 Å². The van der Waals surface area contributed by atoms with E-state index in [0.29, 0.717) is 5.36 Å². The van der Waals surface area contributed by atoms with Crippen LogP contribution in [0.4, 0.5) is 0 Å². The van der Waals surface area contributed by atoms with E-state index >= 15 is 0 Å². The lowest BCUT2D eigenvalue weighted by Gasteiger charge is -1.98. The van der Waals surface area contributed by atoms with Crippen LogP contribution in [0.5, 0.6) is 0 Å². The molecular formula is C15H12ClN. The molecule has 1 N–H and O–H groups in total. The summed E-state index contributed by atoms with van der Waals surface area (Å²) in [6.07, 6.45) is 0. The predicted molar refractivity (Wildman–Crippen MR) is 73.7 cm³/mol. The Kier molecular flexibility index (Phi) is 3.12. The summed E-state index contributed by atoms with van der Waals surface area (Å²) in [6, 6.07) is 20.3. The highest BCUT2D eigenvalue weighted by atomic mass is 35.5. The van der Waals surface area contributed by atoms with Crippen LogP contribution in [0.15, 0.2) is 60.7 Å². The van der Waals surface area contributed by atoms with Crippen molar-refractivity contribution < 1.29 is 0 Å². The van der Waals surface area contributed by atoms with Gasteiger partial charge in [0.1, 0.15) is 0 Å². The second-order valence-electron chi connectivity index (χ2n) is 3.92. The van der Waals surface area contributed by atoms with Gasteiger partial charge in [-0.05, 0) is 28.5 Å². The van der Waals surface area contributed by atoms with Gasteiger partial charge in [-0.2, -0.15) is 0 Å². The van der Waals surface area contributed by atoms with Crippen molar-refractivity contribution >= 4 is 23.2 Å². The van der Waals surface area contributed by atoms with Crippen molar-refractivity contribution in [1.29, 1.82) is 5.41 Å². The molecule has 2 aliphatic carbocycles. The van der Waals surface area contributed by atoms with E-state index in [2.05, 4.69) is 30.3 Å². The van der Waals surface area contributed by atoms with Gasteiger partial charge >= 0.3 is 0 Å². The third kappa shape index (κ3) is 2.02. The Bertz CT molecular complexity index is 691. The molecule has 0 saturated heterocycles. The zero-order valence-electron chi connectivity index (χ0n) is 9.18. The molecule has 0 radical (unpaired) electrons. The van der Waals surface area contributed by atoms with E-state index < -0.39 is 0 Å². The van der Waals surface area contributed by atoms with Crippen LogP contribution in [0.3, 0.4) is 0 Å². The minimum atomic E-state index is 0. The second-order valence-corrected chi connectivity index (χ2v) is 3.92. The molecule has 17 heavy (non-hydrogen) atoms. The van der Waals surface area contributed by atoms with Gasteiger partial charge in [0.15, 0.2) is 0 Å². The van der Waals surface area contributed by atoms with E-state index in [0.717, 1.165) is 11.1 Å². The first-order valence-corrected chi connectivity index (χ1v) is 5.31. The lowest BCUT2D eigenvalue weighted by Crippen LogP contribution is -2.01. The van der Waals surface area contributed by atoms with Gasteiger partial charge in [0.05, 0.1) is 5.36 Å².